The second kappa shape index (κ2) is 9.29. The van der Waals surface area contributed by atoms with E-state index in [0.717, 1.165) is 24.3 Å². The summed E-state index contributed by atoms with van der Waals surface area (Å²) in [6.07, 6.45) is 6.81. The molecule has 1 N–H and O–H groups in total. The molecule has 0 radical (unpaired) electrons. The van der Waals surface area contributed by atoms with E-state index in [9.17, 15) is 9.90 Å². The maximum absolute atomic E-state index is 11.4. The SMILES string of the molecule is CCCCCCc1ccc2nc(N3CCC(C(=O)O)C3)cc(-c3ccccc3)c2c1. The summed E-state index contributed by atoms with van der Waals surface area (Å²) in [6, 6.07) is 19.2. The summed E-state index contributed by atoms with van der Waals surface area (Å²) in [5.74, 6) is -0.150. The standard InChI is InChI=1S/C26H30N2O2/c1-2-3-4-6-9-19-12-13-24-23(16-19)22(20-10-7-5-8-11-20)17-25(27-24)28-15-14-21(18-28)26(29)30/h5,7-8,10-13,16-17,21H,2-4,6,9,14-15,18H2,1H3,(H,29,30). The molecule has 4 rings (SSSR count). The highest BCUT2D eigenvalue weighted by Crippen LogP contribution is 2.34. The molecular formula is C26H30N2O2. The molecule has 4 nitrogen and oxygen atoms in total. The monoisotopic (exact) mass is 402 g/mol. The van der Waals surface area contributed by atoms with Gasteiger partial charge in [-0.25, -0.2) is 4.98 Å². The Bertz CT molecular complexity index is 1020. The molecular weight excluding hydrogens is 372 g/mol. The van der Waals surface area contributed by atoms with Gasteiger partial charge >= 0.3 is 5.97 Å². The minimum atomic E-state index is -0.714. The third-order valence-electron chi connectivity index (χ3n) is 6.12. The van der Waals surface area contributed by atoms with Crippen LogP contribution in [0, 0.1) is 5.92 Å². The van der Waals surface area contributed by atoms with Gasteiger partial charge in [-0.3, -0.25) is 4.79 Å². The molecule has 156 valence electrons. The van der Waals surface area contributed by atoms with Crippen LogP contribution >= 0.6 is 0 Å². The van der Waals surface area contributed by atoms with Crippen molar-refractivity contribution in [3.8, 4) is 11.1 Å². The predicted octanol–water partition coefficient (Wildman–Crippen LogP) is 5.94. The second-order valence-electron chi connectivity index (χ2n) is 8.33. The van der Waals surface area contributed by atoms with Crippen LogP contribution in [0.5, 0.6) is 0 Å². The predicted molar refractivity (Wildman–Crippen MR) is 123 cm³/mol. The van der Waals surface area contributed by atoms with E-state index in [1.165, 1.54) is 47.8 Å². The highest BCUT2D eigenvalue weighted by molar-refractivity contribution is 5.96. The zero-order chi connectivity index (χ0) is 20.9. The van der Waals surface area contributed by atoms with Gasteiger partial charge in [0.1, 0.15) is 5.82 Å². The molecule has 4 heteroatoms. The zero-order valence-electron chi connectivity index (χ0n) is 17.7. The third-order valence-corrected chi connectivity index (χ3v) is 6.12. The lowest BCUT2D eigenvalue weighted by Crippen LogP contribution is -2.23. The molecule has 2 aromatic carbocycles. The summed E-state index contributed by atoms with van der Waals surface area (Å²) < 4.78 is 0. The van der Waals surface area contributed by atoms with Gasteiger partial charge in [0, 0.05) is 18.5 Å². The summed E-state index contributed by atoms with van der Waals surface area (Å²) in [5.41, 5.74) is 4.67. The lowest BCUT2D eigenvalue weighted by molar-refractivity contribution is -0.140. The molecule has 2 heterocycles. The van der Waals surface area contributed by atoms with E-state index in [0.29, 0.717) is 13.0 Å². The normalized spacial score (nSPS) is 16.3. The highest BCUT2D eigenvalue weighted by atomic mass is 16.4. The van der Waals surface area contributed by atoms with Crippen molar-refractivity contribution in [3.63, 3.8) is 0 Å². The zero-order valence-corrected chi connectivity index (χ0v) is 17.7. The van der Waals surface area contributed by atoms with Crippen molar-refractivity contribution >= 4 is 22.7 Å². The third kappa shape index (κ3) is 4.48. The minimum Gasteiger partial charge on any atom is -0.481 e. The molecule has 1 aliphatic rings. The molecule has 1 saturated heterocycles. The molecule has 1 unspecified atom stereocenters. The Morgan fingerprint density at radius 3 is 2.67 bits per heavy atom. The fourth-order valence-electron chi connectivity index (χ4n) is 4.36. The van der Waals surface area contributed by atoms with Crippen molar-refractivity contribution in [2.45, 2.75) is 45.4 Å². The van der Waals surface area contributed by atoms with E-state index in [-0.39, 0.29) is 5.92 Å². The number of carboxylic acid groups (broad SMARTS) is 1. The summed E-state index contributed by atoms with van der Waals surface area (Å²) in [6.45, 7) is 3.50. The first-order chi connectivity index (χ1) is 14.7. The van der Waals surface area contributed by atoms with Gasteiger partial charge in [0.25, 0.3) is 0 Å². The Morgan fingerprint density at radius 2 is 1.93 bits per heavy atom. The molecule has 3 aromatic rings. The van der Waals surface area contributed by atoms with Gasteiger partial charge in [-0.2, -0.15) is 0 Å². The van der Waals surface area contributed by atoms with Crippen LogP contribution in [0.15, 0.2) is 54.6 Å². The Balaban J connectivity index is 1.71. The van der Waals surface area contributed by atoms with Crippen LogP contribution in [0.1, 0.15) is 44.6 Å². The number of benzene rings is 2. The Labute approximate surface area is 178 Å². The first-order valence-corrected chi connectivity index (χ1v) is 11.1. The Hall–Kier alpha value is -2.88. The van der Waals surface area contributed by atoms with Crippen molar-refractivity contribution in [1.29, 1.82) is 0 Å². The average molecular weight is 403 g/mol. The Morgan fingerprint density at radius 1 is 1.10 bits per heavy atom. The van der Waals surface area contributed by atoms with E-state index < -0.39 is 5.97 Å². The first kappa shape index (κ1) is 20.4. The quantitative estimate of drug-likeness (QED) is 0.474. The van der Waals surface area contributed by atoms with E-state index in [1.54, 1.807) is 0 Å². The van der Waals surface area contributed by atoms with E-state index in [1.807, 2.05) is 6.07 Å². The molecule has 30 heavy (non-hydrogen) atoms. The van der Waals surface area contributed by atoms with Crippen LogP contribution in [-0.2, 0) is 11.2 Å². The number of carboxylic acids is 1. The number of nitrogens with zero attached hydrogens (tertiary/aromatic N) is 2. The number of unbranched alkanes of at least 4 members (excludes halogenated alkanes) is 3. The smallest absolute Gasteiger partial charge is 0.308 e. The number of aliphatic carboxylic acids is 1. The number of hydrogen-bond acceptors (Lipinski definition) is 3. The topological polar surface area (TPSA) is 53.4 Å². The largest absolute Gasteiger partial charge is 0.481 e. The number of fused-ring (bicyclic) bond motifs is 1. The van der Waals surface area contributed by atoms with Crippen molar-refractivity contribution in [3.05, 3.63) is 60.2 Å². The van der Waals surface area contributed by atoms with Gasteiger partial charge in [-0.15, -0.1) is 0 Å². The van der Waals surface area contributed by atoms with Crippen LogP contribution in [0.2, 0.25) is 0 Å². The molecule has 1 atom stereocenters. The highest BCUT2D eigenvalue weighted by Gasteiger charge is 2.29. The molecule has 0 amide bonds. The summed E-state index contributed by atoms with van der Waals surface area (Å²) in [7, 11) is 0. The van der Waals surface area contributed by atoms with Crippen molar-refractivity contribution in [2.75, 3.05) is 18.0 Å². The van der Waals surface area contributed by atoms with Crippen molar-refractivity contribution in [2.24, 2.45) is 5.92 Å². The lowest BCUT2D eigenvalue weighted by atomic mass is 9.97. The van der Waals surface area contributed by atoms with Crippen LogP contribution in [0.3, 0.4) is 0 Å². The lowest BCUT2D eigenvalue weighted by Gasteiger charge is -2.20. The summed E-state index contributed by atoms with van der Waals surface area (Å²) in [4.78, 5) is 18.4. The number of rotatable bonds is 8. The van der Waals surface area contributed by atoms with E-state index in [2.05, 4.69) is 60.4 Å². The fraction of sp³-hybridized carbons (Fsp3) is 0.385. The van der Waals surface area contributed by atoms with Crippen LogP contribution in [0.4, 0.5) is 5.82 Å². The van der Waals surface area contributed by atoms with Crippen LogP contribution in [-0.4, -0.2) is 29.1 Å². The Kier molecular flexibility index (Phi) is 6.32. The van der Waals surface area contributed by atoms with Crippen LogP contribution < -0.4 is 4.90 Å². The maximum atomic E-state index is 11.4. The van der Waals surface area contributed by atoms with Crippen LogP contribution in [0.25, 0.3) is 22.0 Å². The molecule has 0 bridgehead atoms. The number of pyridine rings is 1. The summed E-state index contributed by atoms with van der Waals surface area (Å²) >= 11 is 0. The second-order valence-corrected chi connectivity index (χ2v) is 8.33. The molecule has 1 aromatic heterocycles. The fourth-order valence-corrected chi connectivity index (χ4v) is 4.36. The van der Waals surface area contributed by atoms with E-state index >= 15 is 0 Å². The molecule has 1 aliphatic heterocycles. The number of aryl methyl sites for hydroxylation is 1. The summed E-state index contributed by atoms with van der Waals surface area (Å²) in [5, 5.41) is 10.5. The van der Waals surface area contributed by atoms with Gasteiger partial charge in [-0.05, 0) is 54.2 Å². The van der Waals surface area contributed by atoms with E-state index in [4.69, 9.17) is 4.98 Å². The molecule has 0 spiro atoms. The number of anilines is 1. The van der Waals surface area contributed by atoms with Gasteiger partial charge in [0.2, 0.25) is 0 Å². The van der Waals surface area contributed by atoms with Gasteiger partial charge in [-0.1, -0.05) is 62.6 Å². The van der Waals surface area contributed by atoms with Gasteiger partial charge in [0.15, 0.2) is 0 Å². The average Bonchev–Trinajstić information content (AvgIpc) is 3.27. The van der Waals surface area contributed by atoms with Gasteiger partial charge in [0.05, 0.1) is 11.4 Å². The van der Waals surface area contributed by atoms with Gasteiger partial charge < -0.3 is 10.0 Å². The minimum absolute atomic E-state index is 0.312. The molecule has 1 fully saturated rings. The first-order valence-electron chi connectivity index (χ1n) is 11.1. The number of aromatic nitrogens is 1. The number of hydrogen-bond donors (Lipinski definition) is 1. The van der Waals surface area contributed by atoms with Crippen molar-refractivity contribution < 1.29 is 9.90 Å². The molecule has 0 saturated carbocycles. The maximum Gasteiger partial charge on any atom is 0.308 e. The molecule has 0 aliphatic carbocycles. The van der Waals surface area contributed by atoms with Crippen molar-refractivity contribution in [1.82, 2.24) is 4.98 Å². The number of carbonyl (C=O) groups is 1.